The molecule has 0 radical (unpaired) electrons. The largest absolute Gasteiger partial charge is 0.508 e. The van der Waals surface area contributed by atoms with Crippen LogP contribution in [0.25, 0.3) is 0 Å². The predicted octanol–water partition coefficient (Wildman–Crippen LogP) is 1.70. The summed E-state index contributed by atoms with van der Waals surface area (Å²) in [5, 5.41) is 23.4. The van der Waals surface area contributed by atoms with E-state index < -0.39 is 119 Å². The Hall–Kier alpha value is -6.01. The topological polar surface area (TPSA) is 276 Å². The van der Waals surface area contributed by atoms with Crippen LogP contribution in [0.1, 0.15) is 113 Å². The van der Waals surface area contributed by atoms with Gasteiger partial charge in [0.2, 0.25) is 47.3 Å². The number of phenols is 1. The van der Waals surface area contributed by atoms with Gasteiger partial charge in [-0.2, -0.15) is 0 Å². The lowest BCUT2D eigenvalue weighted by molar-refractivity contribution is -0.158. The molecule has 2 aliphatic rings. The van der Waals surface area contributed by atoms with E-state index >= 15 is 0 Å². The van der Waals surface area contributed by atoms with Crippen molar-refractivity contribution in [3.8, 4) is 5.75 Å². The smallest absolute Gasteiger partial charge is 0.329 e. The number of carbonyl (C=O) groups excluding carboxylic acids is 9. The summed E-state index contributed by atoms with van der Waals surface area (Å²) in [7, 11) is 1.43. The van der Waals surface area contributed by atoms with Crippen LogP contribution >= 0.6 is 0 Å². The molecule has 6 unspecified atom stereocenters. The second-order valence-electron chi connectivity index (χ2n) is 18.2. The molecule has 8 amide bonds. The van der Waals surface area contributed by atoms with Crippen molar-refractivity contribution < 1.29 is 53.0 Å². The van der Waals surface area contributed by atoms with Crippen LogP contribution in [0, 0.1) is 23.7 Å². The number of carbonyl (C=O) groups is 9. The second kappa shape index (κ2) is 25.0. The number of hydrogen-bond donors (Lipinski definition) is 7. The van der Waals surface area contributed by atoms with Crippen LogP contribution in [-0.2, 0) is 54.3 Å². The molecule has 0 aromatic heterocycles. The van der Waals surface area contributed by atoms with Gasteiger partial charge in [0.15, 0.2) is 0 Å². The molecule has 1 saturated heterocycles. The van der Waals surface area contributed by atoms with Crippen molar-refractivity contribution in [3.63, 3.8) is 0 Å². The number of amides is 8. The van der Waals surface area contributed by atoms with Crippen LogP contribution < -0.4 is 32.3 Å². The van der Waals surface area contributed by atoms with Crippen molar-refractivity contribution >= 4 is 53.2 Å². The number of phenolic OH excluding ortho intramolecular Hbond substituents is 1. The molecule has 66 heavy (non-hydrogen) atoms. The molecule has 19 nitrogen and oxygen atoms in total. The lowest BCUT2D eigenvalue weighted by atomic mass is 9.93. The molecule has 0 saturated carbocycles. The molecule has 366 valence electrons. The zero-order valence-electron chi connectivity index (χ0n) is 40.1. The van der Waals surface area contributed by atoms with Crippen LogP contribution in [0.5, 0.6) is 5.75 Å². The van der Waals surface area contributed by atoms with Crippen LogP contribution in [0.15, 0.2) is 36.5 Å². The highest BCUT2D eigenvalue weighted by molar-refractivity contribution is 5.99. The Morgan fingerprint density at radius 1 is 0.848 bits per heavy atom. The lowest BCUT2D eigenvalue weighted by Gasteiger charge is -2.40. The van der Waals surface area contributed by atoms with Crippen LogP contribution in [0.4, 0.5) is 0 Å². The number of ether oxygens (including phenoxy) is 1. The molecule has 11 atom stereocenters. The lowest BCUT2D eigenvalue weighted by Crippen LogP contribution is -2.62. The third-order valence-electron chi connectivity index (χ3n) is 12.6. The number of hydrogen-bond acceptors (Lipinski definition) is 11. The first-order chi connectivity index (χ1) is 31.0. The minimum atomic E-state index is -1.71. The van der Waals surface area contributed by atoms with E-state index in [1.54, 1.807) is 52.8 Å². The van der Waals surface area contributed by atoms with Crippen molar-refractivity contribution in [2.45, 2.75) is 162 Å². The maximum absolute atomic E-state index is 14.8. The highest BCUT2D eigenvalue weighted by atomic mass is 16.5. The molecule has 2 bridgehead atoms. The van der Waals surface area contributed by atoms with Crippen molar-refractivity contribution in [2.24, 2.45) is 29.4 Å². The maximum Gasteiger partial charge on any atom is 0.329 e. The first kappa shape index (κ1) is 54.3. The number of rotatable bonds is 16. The number of aromatic hydroxyl groups is 1. The fourth-order valence-electron chi connectivity index (χ4n) is 7.68. The van der Waals surface area contributed by atoms with E-state index in [1.807, 2.05) is 20.8 Å². The first-order valence-electron chi connectivity index (χ1n) is 23.1. The molecule has 2 aliphatic heterocycles. The molecule has 8 N–H and O–H groups in total. The van der Waals surface area contributed by atoms with Crippen molar-refractivity contribution in [2.75, 3.05) is 7.05 Å². The highest BCUT2D eigenvalue weighted by Gasteiger charge is 2.44. The minimum absolute atomic E-state index is 0.0218. The van der Waals surface area contributed by atoms with E-state index in [9.17, 15) is 48.3 Å². The van der Waals surface area contributed by atoms with Gasteiger partial charge < -0.3 is 52.0 Å². The van der Waals surface area contributed by atoms with Crippen LogP contribution in [0.3, 0.4) is 0 Å². The van der Waals surface area contributed by atoms with Gasteiger partial charge in [0.05, 0.1) is 0 Å². The zero-order chi connectivity index (χ0) is 49.6. The third-order valence-corrected chi connectivity index (χ3v) is 12.6. The Morgan fingerprint density at radius 3 is 2.06 bits per heavy atom. The van der Waals surface area contributed by atoms with Gasteiger partial charge in [-0.05, 0) is 68.1 Å². The third kappa shape index (κ3) is 14.8. The summed E-state index contributed by atoms with van der Waals surface area (Å²) in [5.74, 6) is -8.49. The number of benzene rings is 1. The van der Waals surface area contributed by atoms with Gasteiger partial charge in [-0.25, -0.2) is 4.79 Å². The summed E-state index contributed by atoms with van der Waals surface area (Å²) in [6, 6.07) is -3.22. The van der Waals surface area contributed by atoms with E-state index in [0.29, 0.717) is 24.8 Å². The zero-order valence-corrected chi connectivity index (χ0v) is 40.1. The molecule has 19 heteroatoms. The predicted molar refractivity (Wildman–Crippen MR) is 244 cm³/mol. The van der Waals surface area contributed by atoms with Gasteiger partial charge in [0.25, 0.3) is 0 Å². The van der Waals surface area contributed by atoms with E-state index in [-0.39, 0.29) is 43.8 Å². The summed E-state index contributed by atoms with van der Waals surface area (Å²) in [6.45, 7) is 15.5. The Labute approximate surface area is 388 Å². The Morgan fingerprint density at radius 2 is 1.48 bits per heavy atom. The van der Waals surface area contributed by atoms with Crippen molar-refractivity contribution in [3.05, 3.63) is 42.1 Å². The Kier molecular flexibility index (Phi) is 20.6. The molecule has 0 spiro atoms. The summed E-state index contributed by atoms with van der Waals surface area (Å²) < 4.78 is 5.93. The number of nitrogens with zero attached hydrogens (tertiary/aromatic N) is 2. The molecule has 1 aromatic rings. The van der Waals surface area contributed by atoms with E-state index in [0.717, 1.165) is 0 Å². The summed E-state index contributed by atoms with van der Waals surface area (Å²) in [6.07, 6.45) is 2.43. The average molecular weight is 925 g/mol. The Balaban J connectivity index is 2.25. The fourth-order valence-corrected chi connectivity index (χ4v) is 7.68. The van der Waals surface area contributed by atoms with Gasteiger partial charge in [-0.1, -0.05) is 86.4 Å². The fraction of sp³-hybridized carbons (Fsp3) is 0.638. The standard InChI is InChI=1S/C47H72N8O11/c1-11-26(6)37-47(65)66-29(9)38(53-41(59)32(20-21-36(48)57)49-40(58)28(8)13-3)44(62)51-34(23-25(4)5)42(60)50-33-15-14-22-55(45(33)63)39(27(7)12-2)46(64)54(10)35(43(61)52-37)24-30-16-18-31(56)19-17-30/h14,16-19,22,25-29,32-35,37-39,56H,11-13,15,20-21,23-24H2,1-10H3,(H2,48,57)(H,49,58)(H,50,60)(H,51,62)(H,52,61)(H,53,59)/t26?,27?,28?,29-,32+,33+,34?,35?,37+,38+,39?/m1/s1. The average Bonchev–Trinajstić information content (AvgIpc) is 3.27. The first-order valence-corrected chi connectivity index (χ1v) is 23.1. The quantitative estimate of drug-likeness (QED) is 0.117. The van der Waals surface area contributed by atoms with Gasteiger partial charge >= 0.3 is 5.97 Å². The number of primary amides is 1. The number of likely N-dealkylation sites (N-methyl/N-ethyl adjacent to an activating group) is 1. The number of esters is 1. The molecular weight excluding hydrogens is 853 g/mol. The molecule has 0 aliphatic carbocycles. The minimum Gasteiger partial charge on any atom is -0.508 e. The second-order valence-corrected chi connectivity index (χ2v) is 18.2. The summed E-state index contributed by atoms with van der Waals surface area (Å²) in [4.78, 5) is 128. The summed E-state index contributed by atoms with van der Waals surface area (Å²) >= 11 is 0. The van der Waals surface area contributed by atoms with Crippen molar-refractivity contribution in [1.29, 1.82) is 0 Å². The maximum atomic E-state index is 14.8. The highest BCUT2D eigenvalue weighted by Crippen LogP contribution is 2.25. The van der Waals surface area contributed by atoms with Gasteiger partial charge in [-0.15, -0.1) is 0 Å². The van der Waals surface area contributed by atoms with E-state index in [4.69, 9.17) is 10.5 Å². The van der Waals surface area contributed by atoms with Crippen molar-refractivity contribution in [1.82, 2.24) is 36.4 Å². The normalized spacial score (nSPS) is 25.5. The van der Waals surface area contributed by atoms with E-state index in [1.165, 1.54) is 42.1 Å². The number of nitrogens with two attached hydrogens (primary N) is 1. The van der Waals surface area contributed by atoms with Gasteiger partial charge in [-0.3, -0.25) is 38.4 Å². The number of cyclic esters (lactones) is 1. The molecule has 3 rings (SSSR count). The molecular formula is C47H72N8O11. The van der Waals surface area contributed by atoms with Gasteiger partial charge in [0.1, 0.15) is 54.1 Å². The molecule has 1 fully saturated rings. The van der Waals surface area contributed by atoms with E-state index in [2.05, 4.69) is 26.6 Å². The summed E-state index contributed by atoms with van der Waals surface area (Å²) in [5.41, 5.74) is 5.97. The SMILES string of the molecule is CCC(C)C(=O)N[C@@H](CCC(N)=O)C(=O)N[C@@H]1C(=O)NC(CC(C)C)C(=O)N[C@H]2CC=CN(C2=O)C(C(C)CC)C(=O)N(C)C(Cc2ccc(O)cc2)C(=O)N[C@@H](C(C)CC)C(=O)O[C@@H]1C. The van der Waals surface area contributed by atoms with Crippen LogP contribution in [0.2, 0.25) is 0 Å². The van der Waals surface area contributed by atoms with Gasteiger partial charge in [0, 0.05) is 32.0 Å². The number of fused-ring (bicyclic) bond motifs is 2. The number of nitrogens with one attached hydrogen (secondary N) is 5. The molecule has 1 aromatic carbocycles. The van der Waals surface area contributed by atoms with Crippen LogP contribution in [-0.4, -0.2) is 124 Å². The monoisotopic (exact) mass is 925 g/mol. The molecule has 2 heterocycles. The Bertz CT molecular complexity index is 1940.